The monoisotopic (exact) mass is 258 g/mol. The van der Waals surface area contributed by atoms with E-state index in [0.29, 0.717) is 25.1 Å². The van der Waals surface area contributed by atoms with Crippen molar-refractivity contribution in [2.24, 2.45) is 0 Å². The number of rotatable bonds is 2. The zero-order valence-corrected chi connectivity index (χ0v) is 10.3. The number of aromatic nitrogens is 3. The largest absolute Gasteiger partial charge is 0.391 e. The second kappa shape index (κ2) is 4.81. The molecule has 1 aromatic heterocycles. The van der Waals surface area contributed by atoms with Crippen LogP contribution in [0.2, 0.25) is 0 Å². The first kappa shape index (κ1) is 11.9. The Bertz CT molecular complexity index is 565. The summed E-state index contributed by atoms with van der Waals surface area (Å²) in [4.78, 5) is 13.9. The van der Waals surface area contributed by atoms with Crippen molar-refractivity contribution in [1.82, 2.24) is 19.7 Å². The number of carbonyl (C=O) groups excluding carboxylic acids is 1. The van der Waals surface area contributed by atoms with Gasteiger partial charge in [0.05, 0.1) is 6.10 Å². The first-order valence-corrected chi connectivity index (χ1v) is 6.16. The summed E-state index contributed by atoms with van der Waals surface area (Å²) in [5, 5.41) is 16.9. The molecule has 1 aromatic carbocycles. The second-order valence-corrected chi connectivity index (χ2v) is 4.61. The van der Waals surface area contributed by atoms with Crippen LogP contribution in [0.4, 0.5) is 0 Å². The van der Waals surface area contributed by atoms with Crippen LogP contribution in [-0.4, -0.2) is 49.9 Å². The minimum atomic E-state index is -0.389. The van der Waals surface area contributed by atoms with Gasteiger partial charge in [-0.05, 0) is 30.7 Å². The molecule has 2 aromatic rings. The van der Waals surface area contributed by atoms with E-state index in [9.17, 15) is 9.90 Å². The van der Waals surface area contributed by atoms with Crippen LogP contribution in [0.25, 0.3) is 5.69 Å². The van der Waals surface area contributed by atoms with Crippen LogP contribution in [0.15, 0.2) is 36.9 Å². The smallest absolute Gasteiger partial charge is 0.253 e. The second-order valence-electron chi connectivity index (χ2n) is 4.61. The van der Waals surface area contributed by atoms with Gasteiger partial charge >= 0.3 is 0 Å². The number of amides is 1. The molecule has 1 unspecified atom stereocenters. The molecule has 1 aliphatic heterocycles. The fourth-order valence-corrected chi connectivity index (χ4v) is 2.22. The Morgan fingerprint density at radius 2 is 1.89 bits per heavy atom. The van der Waals surface area contributed by atoms with E-state index in [1.165, 1.54) is 0 Å². The summed E-state index contributed by atoms with van der Waals surface area (Å²) in [7, 11) is 0. The number of aliphatic hydroxyl groups is 1. The molecule has 0 saturated carbocycles. The maximum absolute atomic E-state index is 12.2. The summed E-state index contributed by atoms with van der Waals surface area (Å²) in [6.45, 7) is 1.04. The van der Waals surface area contributed by atoms with E-state index >= 15 is 0 Å². The summed E-state index contributed by atoms with van der Waals surface area (Å²) in [6.07, 6.45) is 3.48. The van der Waals surface area contributed by atoms with E-state index in [0.717, 1.165) is 5.69 Å². The number of β-amino-alcohol motifs (C(OH)–C–C–N with tert-alkyl or cyclic N) is 1. The standard InChI is InChI=1S/C13H14N4O2/c18-12-5-6-16(7-12)13(19)10-1-3-11(4-2-10)17-8-14-15-9-17/h1-4,8-9,12,18H,5-7H2. The Morgan fingerprint density at radius 3 is 2.47 bits per heavy atom. The third-order valence-electron chi connectivity index (χ3n) is 3.28. The Balaban J connectivity index is 1.77. The summed E-state index contributed by atoms with van der Waals surface area (Å²) in [5.74, 6) is -0.0353. The number of hydrogen-bond donors (Lipinski definition) is 1. The highest BCUT2D eigenvalue weighted by atomic mass is 16.3. The normalized spacial score (nSPS) is 18.8. The fraction of sp³-hybridized carbons (Fsp3) is 0.308. The van der Waals surface area contributed by atoms with Gasteiger partial charge in [0.1, 0.15) is 12.7 Å². The van der Waals surface area contributed by atoms with Crippen molar-refractivity contribution in [1.29, 1.82) is 0 Å². The molecule has 1 N–H and O–H groups in total. The third kappa shape index (κ3) is 2.34. The number of likely N-dealkylation sites (tertiary alicyclic amines) is 1. The van der Waals surface area contributed by atoms with Gasteiger partial charge in [0.15, 0.2) is 0 Å². The van der Waals surface area contributed by atoms with Crippen molar-refractivity contribution < 1.29 is 9.90 Å². The summed E-state index contributed by atoms with van der Waals surface area (Å²) < 4.78 is 1.77. The number of nitrogens with zero attached hydrogens (tertiary/aromatic N) is 4. The molecular weight excluding hydrogens is 244 g/mol. The van der Waals surface area contributed by atoms with Gasteiger partial charge < -0.3 is 10.0 Å². The highest BCUT2D eigenvalue weighted by Crippen LogP contribution is 2.15. The van der Waals surface area contributed by atoms with Gasteiger partial charge in [0, 0.05) is 24.3 Å². The highest BCUT2D eigenvalue weighted by molar-refractivity contribution is 5.94. The summed E-state index contributed by atoms with van der Waals surface area (Å²) >= 11 is 0. The van der Waals surface area contributed by atoms with Crippen LogP contribution in [0, 0.1) is 0 Å². The van der Waals surface area contributed by atoms with Crippen molar-refractivity contribution in [2.75, 3.05) is 13.1 Å². The molecule has 6 heteroatoms. The first-order chi connectivity index (χ1) is 9.24. The van der Waals surface area contributed by atoms with Crippen LogP contribution >= 0.6 is 0 Å². The SMILES string of the molecule is O=C(c1ccc(-n2cnnc2)cc1)N1CCC(O)C1. The Kier molecular flexibility index (Phi) is 3.00. The van der Waals surface area contributed by atoms with E-state index in [1.54, 1.807) is 34.3 Å². The Hall–Kier alpha value is -2.21. The predicted octanol–water partition coefficient (Wildman–Crippen LogP) is 0.474. The molecule has 6 nitrogen and oxygen atoms in total. The molecule has 98 valence electrons. The molecule has 1 aliphatic rings. The van der Waals surface area contributed by atoms with Crippen LogP contribution in [0.3, 0.4) is 0 Å². The van der Waals surface area contributed by atoms with E-state index in [2.05, 4.69) is 10.2 Å². The van der Waals surface area contributed by atoms with Gasteiger partial charge in [-0.25, -0.2) is 0 Å². The van der Waals surface area contributed by atoms with Crippen LogP contribution in [0.1, 0.15) is 16.8 Å². The lowest BCUT2D eigenvalue weighted by molar-refractivity contribution is 0.0765. The first-order valence-electron chi connectivity index (χ1n) is 6.16. The zero-order valence-electron chi connectivity index (χ0n) is 10.3. The fourth-order valence-electron chi connectivity index (χ4n) is 2.22. The van der Waals surface area contributed by atoms with Gasteiger partial charge in [-0.1, -0.05) is 0 Å². The molecule has 0 radical (unpaired) electrons. The molecule has 2 heterocycles. The van der Waals surface area contributed by atoms with Crippen LogP contribution in [-0.2, 0) is 0 Å². The number of carbonyl (C=O) groups is 1. The average Bonchev–Trinajstić information content (AvgIpc) is 3.09. The van der Waals surface area contributed by atoms with Gasteiger partial charge in [0.25, 0.3) is 5.91 Å². The van der Waals surface area contributed by atoms with Crippen molar-refractivity contribution in [3.63, 3.8) is 0 Å². The quantitative estimate of drug-likeness (QED) is 0.850. The van der Waals surface area contributed by atoms with E-state index in [4.69, 9.17) is 0 Å². The average molecular weight is 258 g/mol. The molecule has 1 saturated heterocycles. The van der Waals surface area contributed by atoms with Gasteiger partial charge in [-0.2, -0.15) is 0 Å². The minimum absolute atomic E-state index is 0.0353. The summed E-state index contributed by atoms with van der Waals surface area (Å²) in [5.41, 5.74) is 1.54. The lowest BCUT2D eigenvalue weighted by atomic mass is 10.2. The zero-order chi connectivity index (χ0) is 13.2. The molecule has 0 aliphatic carbocycles. The highest BCUT2D eigenvalue weighted by Gasteiger charge is 2.25. The molecular formula is C13H14N4O2. The molecule has 1 amide bonds. The van der Waals surface area contributed by atoms with Gasteiger partial charge in [-0.3, -0.25) is 9.36 Å². The van der Waals surface area contributed by atoms with E-state index in [1.807, 2.05) is 12.1 Å². The van der Waals surface area contributed by atoms with Gasteiger partial charge in [0.2, 0.25) is 0 Å². The van der Waals surface area contributed by atoms with Crippen molar-refractivity contribution in [2.45, 2.75) is 12.5 Å². The lowest BCUT2D eigenvalue weighted by Crippen LogP contribution is -2.29. The van der Waals surface area contributed by atoms with Crippen molar-refractivity contribution in [3.05, 3.63) is 42.5 Å². The molecule has 19 heavy (non-hydrogen) atoms. The predicted molar refractivity (Wildman–Crippen MR) is 67.9 cm³/mol. The molecule has 0 bridgehead atoms. The van der Waals surface area contributed by atoms with Crippen molar-refractivity contribution >= 4 is 5.91 Å². The lowest BCUT2D eigenvalue weighted by Gasteiger charge is -2.15. The van der Waals surface area contributed by atoms with Gasteiger partial charge in [-0.15, -0.1) is 10.2 Å². The van der Waals surface area contributed by atoms with E-state index < -0.39 is 0 Å². The summed E-state index contributed by atoms with van der Waals surface area (Å²) in [6, 6.07) is 7.26. The third-order valence-corrected chi connectivity index (χ3v) is 3.28. The Morgan fingerprint density at radius 1 is 1.21 bits per heavy atom. The maximum atomic E-state index is 12.2. The van der Waals surface area contributed by atoms with Crippen molar-refractivity contribution in [3.8, 4) is 5.69 Å². The van der Waals surface area contributed by atoms with Crippen LogP contribution < -0.4 is 0 Å². The maximum Gasteiger partial charge on any atom is 0.253 e. The number of benzene rings is 1. The van der Waals surface area contributed by atoms with E-state index in [-0.39, 0.29) is 12.0 Å². The Labute approximate surface area is 110 Å². The topological polar surface area (TPSA) is 71.2 Å². The number of hydrogen-bond acceptors (Lipinski definition) is 4. The number of aliphatic hydroxyl groups excluding tert-OH is 1. The molecule has 1 atom stereocenters. The molecule has 0 spiro atoms. The minimum Gasteiger partial charge on any atom is -0.391 e. The molecule has 3 rings (SSSR count). The molecule has 1 fully saturated rings. The van der Waals surface area contributed by atoms with Crippen LogP contribution in [0.5, 0.6) is 0 Å².